The maximum Gasteiger partial charge on any atom is 0.226 e. The van der Waals surface area contributed by atoms with Crippen LogP contribution >= 0.6 is 22.6 Å². The fourth-order valence-corrected chi connectivity index (χ4v) is 3.44. The molecule has 0 spiro atoms. The maximum absolute atomic E-state index is 12.4. The Morgan fingerprint density at radius 2 is 1.85 bits per heavy atom. The van der Waals surface area contributed by atoms with Gasteiger partial charge in [0.25, 0.3) is 0 Å². The van der Waals surface area contributed by atoms with Gasteiger partial charge >= 0.3 is 0 Å². The molecule has 0 bridgehead atoms. The predicted octanol–water partition coefficient (Wildman–Crippen LogP) is 3.99. The smallest absolute Gasteiger partial charge is 0.226 e. The summed E-state index contributed by atoms with van der Waals surface area (Å²) in [5.41, 5.74) is 6.05. The van der Waals surface area contributed by atoms with Crippen molar-refractivity contribution in [2.45, 2.75) is 47.2 Å². The van der Waals surface area contributed by atoms with E-state index < -0.39 is 0 Å². The van der Waals surface area contributed by atoms with E-state index in [4.69, 9.17) is 0 Å². The second-order valence-corrected chi connectivity index (χ2v) is 7.92. The maximum atomic E-state index is 12.4. The van der Waals surface area contributed by atoms with Crippen molar-refractivity contribution in [3.8, 4) is 0 Å². The Morgan fingerprint density at radius 3 is 2.52 bits per heavy atom. The number of amides is 1. The number of hydrogen-bond donors (Lipinski definition) is 1. The lowest BCUT2D eigenvalue weighted by Gasteiger charge is -2.09. The summed E-state index contributed by atoms with van der Waals surface area (Å²) >= 11 is 2.25. The average Bonchev–Trinajstić information content (AvgIpc) is 3.08. The highest BCUT2D eigenvalue weighted by atomic mass is 127. The fourth-order valence-electron chi connectivity index (χ4n) is 3.01. The highest BCUT2D eigenvalue weighted by Gasteiger charge is 2.15. The summed E-state index contributed by atoms with van der Waals surface area (Å²) in [5, 5.41) is 12.0. The van der Waals surface area contributed by atoms with Crippen LogP contribution in [0.2, 0.25) is 0 Å². The Balaban J connectivity index is 1.67. The minimum absolute atomic E-state index is 0.0280. The van der Waals surface area contributed by atoms with Gasteiger partial charge in [-0.25, -0.2) is 0 Å². The van der Waals surface area contributed by atoms with Crippen LogP contribution in [0.5, 0.6) is 0 Å². The highest BCUT2D eigenvalue weighted by molar-refractivity contribution is 14.1. The van der Waals surface area contributed by atoms with E-state index >= 15 is 0 Å². The highest BCUT2D eigenvalue weighted by Crippen LogP contribution is 2.21. The van der Waals surface area contributed by atoms with E-state index in [1.165, 1.54) is 11.1 Å². The Morgan fingerprint density at radius 1 is 1.11 bits per heavy atom. The number of aryl methyl sites for hydroxylation is 4. The van der Waals surface area contributed by atoms with Crippen LogP contribution in [-0.2, 0) is 17.9 Å². The summed E-state index contributed by atoms with van der Waals surface area (Å²) in [7, 11) is 0. The van der Waals surface area contributed by atoms with Gasteiger partial charge in [0.1, 0.15) is 0 Å². The van der Waals surface area contributed by atoms with E-state index in [9.17, 15) is 4.79 Å². The molecule has 1 aromatic carbocycles. The first kappa shape index (κ1) is 19.6. The first-order valence-electron chi connectivity index (χ1n) is 8.93. The summed E-state index contributed by atoms with van der Waals surface area (Å²) in [6.45, 7) is 9.24. The molecule has 0 aliphatic heterocycles. The second kappa shape index (κ2) is 8.24. The van der Waals surface area contributed by atoms with E-state index in [1.807, 2.05) is 48.5 Å². The molecule has 2 heterocycles. The van der Waals surface area contributed by atoms with Gasteiger partial charge < -0.3 is 5.32 Å². The molecule has 0 aliphatic rings. The lowest BCUT2D eigenvalue weighted by Crippen LogP contribution is -2.16. The first-order valence-corrected chi connectivity index (χ1v) is 10.0. The zero-order valence-electron chi connectivity index (χ0n) is 16.1. The summed E-state index contributed by atoms with van der Waals surface area (Å²) in [4.78, 5) is 12.4. The number of benzene rings is 1. The second-order valence-electron chi connectivity index (χ2n) is 6.75. The van der Waals surface area contributed by atoms with Crippen LogP contribution < -0.4 is 5.32 Å². The summed E-state index contributed by atoms with van der Waals surface area (Å²) in [5.74, 6) is -0.0280. The molecule has 1 amide bonds. The summed E-state index contributed by atoms with van der Waals surface area (Å²) in [6.07, 6.45) is 2.33. The molecule has 2 aromatic heterocycles. The normalized spacial score (nSPS) is 11.0. The number of rotatable bonds is 6. The third kappa shape index (κ3) is 4.58. The molecule has 0 saturated heterocycles. The van der Waals surface area contributed by atoms with Crippen molar-refractivity contribution in [3.05, 3.63) is 62.2 Å². The number of hydrogen-bond acceptors (Lipinski definition) is 3. The van der Waals surface area contributed by atoms with Crippen molar-refractivity contribution >= 4 is 34.2 Å². The minimum atomic E-state index is -0.0280. The largest absolute Gasteiger partial charge is 0.323 e. The lowest BCUT2D eigenvalue weighted by molar-refractivity contribution is -0.116. The Kier molecular flexibility index (Phi) is 5.98. The summed E-state index contributed by atoms with van der Waals surface area (Å²) in [6, 6.07) is 8.28. The number of carbonyl (C=O) groups is 1. The zero-order valence-corrected chi connectivity index (χ0v) is 18.2. The molecule has 27 heavy (non-hydrogen) atoms. The minimum Gasteiger partial charge on any atom is -0.323 e. The third-order valence-electron chi connectivity index (χ3n) is 4.68. The molecule has 0 unspecified atom stereocenters. The van der Waals surface area contributed by atoms with Crippen LogP contribution in [-0.4, -0.2) is 25.5 Å². The van der Waals surface area contributed by atoms with E-state index in [1.54, 1.807) is 0 Å². The monoisotopic (exact) mass is 477 g/mol. The van der Waals surface area contributed by atoms with Crippen LogP contribution in [0, 0.1) is 31.3 Å². The molecule has 0 aliphatic carbocycles. The van der Waals surface area contributed by atoms with Gasteiger partial charge in [0.15, 0.2) is 0 Å². The van der Waals surface area contributed by atoms with Gasteiger partial charge in [-0.15, -0.1) is 0 Å². The van der Waals surface area contributed by atoms with E-state index in [0.29, 0.717) is 19.5 Å². The van der Waals surface area contributed by atoms with E-state index in [2.05, 4.69) is 57.2 Å². The number of carbonyl (C=O) groups excluding carboxylic acids is 1. The van der Waals surface area contributed by atoms with Crippen LogP contribution in [0.4, 0.5) is 5.69 Å². The van der Waals surface area contributed by atoms with Crippen LogP contribution in [0.1, 0.15) is 34.6 Å². The summed E-state index contributed by atoms with van der Waals surface area (Å²) < 4.78 is 4.88. The molecule has 1 N–H and O–H groups in total. The van der Waals surface area contributed by atoms with Crippen LogP contribution in [0.3, 0.4) is 0 Å². The number of nitrogens with one attached hydrogen (secondary N) is 1. The van der Waals surface area contributed by atoms with Crippen molar-refractivity contribution in [2.75, 3.05) is 5.32 Å². The Labute approximate surface area is 173 Å². The Hall–Kier alpha value is -2.16. The zero-order chi connectivity index (χ0) is 19.6. The SMILES string of the molecule is Cc1ccccc1Cn1nc(C)c(NC(=O)CCn2cc(I)c(C)n2)c1C. The molecule has 0 radical (unpaired) electrons. The Bertz CT molecular complexity index is 953. The standard InChI is InChI=1S/C20H24IN5O/c1-13-7-5-6-8-17(13)11-26-16(4)20(15(3)24-26)22-19(27)9-10-25-12-18(21)14(2)23-25/h5-8,12H,9-11H2,1-4H3,(H,22,27). The third-order valence-corrected chi connectivity index (χ3v) is 5.74. The predicted molar refractivity (Wildman–Crippen MR) is 115 cm³/mol. The van der Waals surface area contributed by atoms with E-state index in [-0.39, 0.29) is 5.91 Å². The van der Waals surface area contributed by atoms with Crippen molar-refractivity contribution in [3.63, 3.8) is 0 Å². The number of nitrogens with zero attached hydrogens (tertiary/aromatic N) is 4. The van der Waals surface area contributed by atoms with Crippen LogP contribution in [0.15, 0.2) is 30.5 Å². The molecule has 0 atom stereocenters. The molecule has 3 aromatic rings. The number of halogens is 1. The lowest BCUT2D eigenvalue weighted by atomic mass is 10.1. The fraction of sp³-hybridized carbons (Fsp3) is 0.350. The number of anilines is 1. The topological polar surface area (TPSA) is 64.7 Å². The van der Waals surface area contributed by atoms with Gasteiger partial charge in [0.05, 0.1) is 32.9 Å². The average molecular weight is 477 g/mol. The van der Waals surface area contributed by atoms with Gasteiger partial charge in [0, 0.05) is 19.2 Å². The van der Waals surface area contributed by atoms with Gasteiger partial charge in [-0.2, -0.15) is 10.2 Å². The molecule has 7 heteroatoms. The van der Waals surface area contributed by atoms with Gasteiger partial charge in [-0.3, -0.25) is 14.2 Å². The molecule has 142 valence electrons. The molecule has 3 rings (SSSR count). The molecular formula is C20H24IN5O. The van der Waals surface area contributed by atoms with Gasteiger partial charge in [-0.05, 0) is 61.4 Å². The van der Waals surface area contributed by atoms with Crippen molar-refractivity contribution in [1.29, 1.82) is 0 Å². The van der Waals surface area contributed by atoms with Gasteiger partial charge in [0.2, 0.25) is 5.91 Å². The molecule has 0 saturated carbocycles. The number of aromatic nitrogens is 4. The first-order chi connectivity index (χ1) is 12.8. The van der Waals surface area contributed by atoms with Crippen molar-refractivity contribution in [2.24, 2.45) is 0 Å². The van der Waals surface area contributed by atoms with E-state index in [0.717, 1.165) is 26.3 Å². The quantitative estimate of drug-likeness (QED) is 0.546. The molecular weight excluding hydrogens is 453 g/mol. The molecule has 0 fully saturated rings. The van der Waals surface area contributed by atoms with Crippen molar-refractivity contribution < 1.29 is 4.79 Å². The van der Waals surface area contributed by atoms with Gasteiger partial charge in [-0.1, -0.05) is 24.3 Å². The van der Waals surface area contributed by atoms with Crippen LogP contribution in [0.25, 0.3) is 0 Å². The molecule has 6 nitrogen and oxygen atoms in total. The van der Waals surface area contributed by atoms with Crippen molar-refractivity contribution in [1.82, 2.24) is 19.6 Å².